The number of nitrogens with zero attached hydrogens (tertiary/aromatic N) is 1. The Balaban J connectivity index is 1.32. The van der Waals surface area contributed by atoms with Crippen LogP contribution >= 0.6 is 0 Å². The molecule has 4 bridgehead atoms. The summed E-state index contributed by atoms with van der Waals surface area (Å²) >= 11 is 0. The molecular formula is C25H30N2O4. The van der Waals surface area contributed by atoms with Crippen LogP contribution in [-0.4, -0.2) is 49.7 Å². The minimum absolute atomic E-state index is 0.111. The van der Waals surface area contributed by atoms with Gasteiger partial charge in [0.15, 0.2) is 0 Å². The first-order valence-electron chi connectivity index (χ1n) is 11.7. The van der Waals surface area contributed by atoms with E-state index in [2.05, 4.69) is 16.0 Å². The van der Waals surface area contributed by atoms with Gasteiger partial charge in [0.25, 0.3) is 0 Å². The summed E-state index contributed by atoms with van der Waals surface area (Å²) in [6.07, 6.45) is 6.86. The van der Waals surface area contributed by atoms with Gasteiger partial charge in [-0.2, -0.15) is 0 Å². The largest absolute Gasteiger partial charge is 0.477 e. The number of fused-ring (bicyclic) bond motifs is 1. The molecule has 0 spiro atoms. The second kappa shape index (κ2) is 6.58. The van der Waals surface area contributed by atoms with Gasteiger partial charge in [-0.05, 0) is 79.9 Å². The average molecular weight is 423 g/mol. The minimum atomic E-state index is -0.968. The van der Waals surface area contributed by atoms with E-state index in [1.807, 2.05) is 19.1 Å². The molecule has 6 nitrogen and oxygen atoms in total. The number of amides is 1. The number of piperidine rings is 2. The number of hydrogen-bond acceptors (Lipinski definition) is 3. The number of H-pyrrole nitrogens is 1. The fraction of sp³-hybridized carbons (Fsp3) is 0.600. The second-order valence-corrected chi connectivity index (χ2v) is 10.7. The topological polar surface area (TPSA) is 93.6 Å². The van der Waals surface area contributed by atoms with Crippen molar-refractivity contribution in [3.05, 3.63) is 35.0 Å². The molecule has 7 rings (SSSR count). The van der Waals surface area contributed by atoms with Crippen molar-refractivity contribution < 1.29 is 19.8 Å². The summed E-state index contributed by atoms with van der Waals surface area (Å²) < 4.78 is 0. The number of aromatic nitrogens is 1. The third-order valence-corrected chi connectivity index (χ3v) is 8.29. The number of carbonyl (C=O) groups is 2. The number of nitrogens with one attached hydrogen (secondary N) is 1. The highest BCUT2D eigenvalue weighted by atomic mass is 16.4. The fourth-order valence-corrected chi connectivity index (χ4v) is 7.16. The van der Waals surface area contributed by atoms with Crippen LogP contribution in [0.15, 0.2) is 18.2 Å². The van der Waals surface area contributed by atoms with E-state index in [0.717, 1.165) is 48.6 Å². The smallest absolute Gasteiger partial charge is 0.352 e. The number of rotatable bonds is 5. The van der Waals surface area contributed by atoms with Crippen LogP contribution in [-0.2, 0) is 4.79 Å². The maximum absolute atomic E-state index is 13.5. The van der Waals surface area contributed by atoms with Crippen LogP contribution in [0.2, 0.25) is 0 Å². The van der Waals surface area contributed by atoms with Gasteiger partial charge in [-0.15, -0.1) is 0 Å². The van der Waals surface area contributed by atoms with Crippen molar-refractivity contribution in [3.8, 4) is 0 Å². The summed E-state index contributed by atoms with van der Waals surface area (Å²) in [5.41, 5.74) is 2.49. The fourth-order valence-electron chi connectivity index (χ4n) is 7.16. The highest BCUT2D eigenvalue weighted by Gasteiger charge is 2.55. The molecule has 164 valence electrons. The lowest BCUT2D eigenvalue weighted by molar-refractivity contribution is -0.174. The lowest BCUT2D eigenvalue weighted by Crippen LogP contribution is -2.65. The molecule has 3 aliphatic carbocycles. The molecule has 1 aromatic heterocycles. The first-order chi connectivity index (χ1) is 14.8. The molecule has 5 aliphatic rings. The molecule has 3 heterocycles. The lowest BCUT2D eigenvalue weighted by atomic mass is 9.61. The van der Waals surface area contributed by atoms with E-state index in [9.17, 15) is 19.8 Å². The van der Waals surface area contributed by atoms with Crippen LogP contribution in [0.3, 0.4) is 0 Å². The van der Waals surface area contributed by atoms with Crippen LogP contribution in [0.1, 0.15) is 91.7 Å². The maximum Gasteiger partial charge on any atom is 0.352 e. The van der Waals surface area contributed by atoms with E-state index in [0.29, 0.717) is 31.1 Å². The van der Waals surface area contributed by atoms with Gasteiger partial charge in [-0.1, -0.05) is 19.1 Å². The molecule has 3 N–H and O–H groups in total. The Labute approximate surface area is 181 Å². The van der Waals surface area contributed by atoms with Crippen molar-refractivity contribution in [1.29, 1.82) is 0 Å². The van der Waals surface area contributed by atoms with Gasteiger partial charge in [0.05, 0.1) is 5.60 Å². The number of carboxylic acids is 1. The Kier molecular flexibility index (Phi) is 4.11. The van der Waals surface area contributed by atoms with Crippen molar-refractivity contribution in [3.63, 3.8) is 0 Å². The normalized spacial score (nSPS) is 32.6. The molecule has 2 aliphatic heterocycles. The summed E-state index contributed by atoms with van der Waals surface area (Å²) in [6, 6.07) is 6.32. The molecule has 5 fully saturated rings. The van der Waals surface area contributed by atoms with Crippen LogP contribution in [0, 0.1) is 5.92 Å². The number of carboxylic acid groups (broad SMARTS) is 1. The number of carbonyl (C=O) groups excluding carboxylic acids is 1. The summed E-state index contributed by atoms with van der Waals surface area (Å²) in [6.45, 7) is 1.99. The Morgan fingerprint density at radius 2 is 1.90 bits per heavy atom. The molecule has 2 aromatic rings. The molecule has 2 saturated heterocycles. The first-order valence-corrected chi connectivity index (χ1v) is 11.7. The van der Waals surface area contributed by atoms with Gasteiger partial charge >= 0.3 is 5.97 Å². The second-order valence-electron chi connectivity index (χ2n) is 10.7. The predicted octanol–water partition coefficient (Wildman–Crippen LogP) is 4.14. The number of aromatic carboxylic acids is 1. The molecule has 3 unspecified atom stereocenters. The Bertz CT molecular complexity index is 1070. The molecule has 0 radical (unpaired) electrons. The zero-order valence-corrected chi connectivity index (χ0v) is 17.9. The van der Waals surface area contributed by atoms with Crippen molar-refractivity contribution in [2.75, 3.05) is 0 Å². The molecule has 6 heteroatoms. The van der Waals surface area contributed by atoms with Gasteiger partial charge in [-0.3, -0.25) is 4.79 Å². The molecule has 3 atom stereocenters. The number of benzene rings is 1. The number of aliphatic hydroxyl groups is 1. The van der Waals surface area contributed by atoms with Crippen LogP contribution in [0.4, 0.5) is 0 Å². The van der Waals surface area contributed by atoms with E-state index < -0.39 is 11.6 Å². The Hall–Kier alpha value is -2.34. The molecule has 31 heavy (non-hydrogen) atoms. The summed E-state index contributed by atoms with van der Waals surface area (Å²) in [4.78, 5) is 30.7. The van der Waals surface area contributed by atoms with Crippen LogP contribution < -0.4 is 0 Å². The van der Waals surface area contributed by atoms with Crippen molar-refractivity contribution in [2.24, 2.45) is 5.92 Å². The van der Waals surface area contributed by atoms with Crippen molar-refractivity contribution in [2.45, 2.75) is 87.8 Å². The SMILES string of the molecule is CC(CC(=O)N1C2CC3CC1CC(O)(C3)C2)c1c(C(=O)O)[nH]c2cccc(C3CC3)c12. The quantitative estimate of drug-likeness (QED) is 0.675. The van der Waals surface area contributed by atoms with Crippen LogP contribution in [0.5, 0.6) is 0 Å². The Morgan fingerprint density at radius 3 is 2.52 bits per heavy atom. The zero-order valence-electron chi connectivity index (χ0n) is 17.9. The number of aromatic amines is 1. The highest BCUT2D eigenvalue weighted by Crippen LogP contribution is 2.52. The minimum Gasteiger partial charge on any atom is -0.477 e. The Morgan fingerprint density at radius 1 is 1.19 bits per heavy atom. The maximum atomic E-state index is 13.5. The predicted molar refractivity (Wildman–Crippen MR) is 116 cm³/mol. The van der Waals surface area contributed by atoms with Gasteiger partial charge < -0.3 is 20.1 Å². The van der Waals surface area contributed by atoms with E-state index >= 15 is 0 Å². The third kappa shape index (κ3) is 3.02. The van der Waals surface area contributed by atoms with Gasteiger partial charge in [0.2, 0.25) is 5.91 Å². The van der Waals surface area contributed by atoms with Gasteiger partial charge in [-0.25, -0.2) is 4.79 Å². The third-order valence-electron chi connectivity index (χ3n) is 8.29. The summed E-state index contributed by atoms with van der Waals surface area (Å²) in [5.74, 6) is -0.00886. The molecule has 1 aromatic carbocycles. The van der Waals surface area contributed by atoms with Gasteiger partial charge in [0.1, 0.15) is 5.69 Å². The van der Waals surface area contributed by atoms with Gasteiger partial charge in [0, 0.05) is 29.4 Å². The highest BCUT2D eigenvalue weighted by molar-refractivity contribution is 6.00. The molecule has 3 saturated carbocycles. The monoisotopic (exact) mass is 422 g/mol. The summed E-state index contributed by atoms with van der Waals surface area (Å²) in [7, 11) is 0. The molecular weight excluding hydrogens is 392 g/mol. The van der Waals surface area contributed by atoms with Crippen molar-refractivity contribution >= 4 is 22.8 Å². The lowest BCUT2D eigenvalue weighted by Gasteiger charge is -2.59. The zero-order chi connectivity index (χ0) is 21.5. The number of hydrogen-bond donors (Lipinski definition) is 3. The molecule has 1 amide bonds. The van der Waals surface area contributed by atoms with E-state index in [4.69, 9.17) is 0 Å². The standard InChI is InChI=1S/C25H30N2O4/c1-13(7-20(28)27-16-8-14-9-17(27)12-25(31,10-14)11-16)21-22-18(15-5-6-15)3-2-4-19(22)26-23(21)24(29)30/h2-4,13-17,26,31H,5-12H2,1H3,(H,29,30). The van der Waals surface area contributed by atoms with E-state index in [1.54, 1.807) is 0 Å². The average Bonchev–Trinajstić information content (AvgIpc) is 3.44. The summed E-state index contributed by atoms with van der Waals surface area (Å²) in [5, 5.41) is 21.7. The van der Waals surface area contributed by atoms with Crippen molar-refractivity contribution in [1.82, 2.24) is 9.88 Å². The van der Waals surface area contributed by atoms with Crippen LogP contribution in [0.25, 0.3) is 10.9 Å². The van der Waals surface area contributed by atoms with E-state index in [-0.39, 0.29) is 29.6 Å². The first kappa shape index (κ1) is 19.4. The van der Waals surface area contributed by atoms with E-state index in [1.165, 1.54) is 5.56 Å².